The fourth-order valence-electron chi connectivity index (χ4n) is 4.05. The van der Waals surface area contributed by atoms with Gasteiger partial charge in [-0.25, -0.2) is 4.79 Å². The van der Waals surface area contributed by atoms with Crippen LogP contribution in [-0.4, -0.2) is 61.8 Å². The number of nitrogens with one attached hydrogen (secondary N) is 1. The number of benzene rings is 1. The summed E-state index contributed by atoms with van der Waals surface area (Å²) >= 11 is 1.40. The summed E-state index contributed by atoms with van der Waals surface area (Å²) in [6, 6.07) is 7.63. The fourth-order valence-corrected chi connectivity index (χ4v) is 5.67. The third-order valence-electron chi connectivity index (χ3n) is 5.41. The lowest BCUT2D eigenvalue weighted by atomic mass is 9.91. The van der Waals surface area contributed by atoms with Crippen LogP contribution in [0.1, 0.15) is 26.3 Å². The SMILES string of the molecule is CC1ON=C(c2ccccc2)C1C(=O)NC1C(=O)N2[C@@H]1SC(C)(C)[C@@H]2C(=O)O. The van der Waals surface area contributed by atoms with E-state index in [9.17, 15) is 19.5 Å². The van der Waals surface area contributed by atoms with E-state index in [0.29, 0.717) is 5.71 Å². The van der Waals surface area contributed by atoms with Crippen molar-refractivity contribution in [2.75, 3.05) is 0 Å². The van der Waals surface area contributed by atoms with Gasteiger partial charge in [0.25, 0.3) is 0 Å². The number of carboxylic acids is 1. The third-order valence-corrected chi connectivity index (χ3v) is 6.98. The van der Waals surface area contributed by atoms with Crippen LogP contribution < -0.4 is 5.32 Å². The molecular formula is C19H21N3O5S. The molecule has 2 saturated heterocycles. The predicted molar refractivity (Wildman–Crippen MR) is 103 cm³/mol. The maximum atomic E-state index is 13.0. The van der Waals surface area contributed by atoms with Gasteiger partial charge in [-0.05, 0) is 20.8 Å². The van der Waals surface area contributed by atoms with Crippen molar-refractivity contribution in [1.29, 1.82) is 0 Å². The molecule has 4 rings (SSSR count). The highest BCUT2D eigenvalue weighted by atomic mass is 32.2. The summed E-state index contributed by atoms with van der Waals surface area (Å²) in [6.45, 7) is 5.36. The minimum atomic E-state index is -1.03. The third kappa shape index (κ3) is 2.76. The van der Waals surface area contributed by atoms with E-state index in [2.05, 4.69) is 10.5 Å². The van der Waals surface area contributed by atoms with Crippen LogP contribution in [0.5, 0.6) is 0 Å². The Morgan fingerprint density at radius 1 is 1.29 bits per heavy atom. The summed E-state index contributed by atoms with van der Waals surface area (Å²) in [7, 11) is 0. The Morgan fingerprint density at radius 2 is 1.96 bits per heavy atom. The molecule has 0 spiro atoms. The van der Waals surface area contributed by atoms with Crippen LogP contribution in [-0.2, 0) is 19.2 Å². The quantitative estimate of drug-likeness (QED) is 0.728. The summed E-state index contributed by atoms with van der Waals surface area (Å²) in [4.78, 5) is 43.9. The lowest BCUT2D eigenvalue weighted by Crippen LogP contribution is -2.71. The molecule has 5 atom stereocenters. The molecule has 3 unspecified atom stereocenters. The monoisotopic (exact) mass is 403 g/mol. The number of nitrogens with zero attached hydrogens (tertiary/aromatic N) is 2. The highest BCUT2D eigenvalue weighted by Crippen LogP contribution is 2.50. The molecule has 9 heteroatoms. The molecule has 0 bridgehead atoms. The number of rotatable bonds is 4. The molecule has 2 amide bonds. The number of carbonyl (C=O) groups is 3. The number of fused-ring (bicyclic) bond motifs is 1. The first-order chi connectivity index (χ1) is 13.2. The summed E-state index contributed by atoms with van der Waals surface area (Å²) < 4.78 is -0.633. The second kappa shape index (κ2) is 6.51. The van der Waals surface area contributed by atoms with Gasteiger partial charge in [0.2, 0.25) is 11.8 Å². The van der Waals surface area contributed by atoms with Crippen molar-refractivity contribution in [3.8, 4) is 0 Å². The Kier molecular flexibility index (Phi) is 4.37. The smallest absolute Gasteiger partial charge is 0.327 e. The van der Waals surface area contributed by atoms with Gasteiger partial charge in [0.05, 0.1) is 0 Å². The molecule has 1 aromatic carbocycles. The van der Waals surface area contributed by atoms with Gasteiger partial charge in [0, 0.05) is 10.3 Å². The van der Waals surface area contributed by atoms with E-state index in [4.69, 9.17) is 4.84 Å². The topological polar surface area (TPSA) is 108 Å². The largest absolute Gasteiger partial charge is 0.480 e. The van der Waals surface area contributed by atoms with Crippen molar-refractivity contribution < 1.29 is 24.3 Å². The van der Waals surface area contributed by atoms with E-state index in [1.54, 1.807) is 20.8 Å². The molecule has 0 radical (unpaired) electrons. The maximum absolute atomic E-state index is 13.0. The van der Waals surface area contributed by atoms with E-state index >= 15 is 0 Å². The molecule has 3 aliphatic rings. The highest BCUT2D eigenvalue weighted by Gasteiger charge is 2.64. The Hall–Kier alpha value is -2.55. The first-order valence-corrected chi connectivity index (χ1v) is 9.92. The molecule has 3 aliphatic heterocycles. The zero-order valence-corrected chi connectivity index (χ0v) is 16.5. The Labute approximate surface area is 166 Å². The van der Waals surface area contributed by atoms with Crippen molar-refractivity contribution in [2.24, 2.45) is 11.1 Å². The lowest BCUT2D eigenvalue weighted by Gasteiger charge is -2.43. The number of thioether (sulfide) groups is 1. The number of carbonyl (C=O) groups excluding carboxylic acids is 2. The number of hydrogen-bond donors (Lipinski definition) is 2. The van der Waals surface area contributed by atoms with Gasteiger partial charge >= 0.3 is 5.97 Å². The van der Waals surface area contributed by atoms with Crippen molar-refractivity contribution in [1.82, 2.24) is 10.2 Å². The van der Waals surface area contributed by atoms with Crippen LogP contribution in [0, 0.1) is 5.92 Å². The van der Waals surface area contributed by atoms with Gasteiger partial charge in [0.1, 0.15) is 35.2 Å². The van der Waals surface area contributed by atoms with Crippen LogP contribution in [0.25, 0.3) is 0 Å². The predicted octanol–water partition coefficient (Wildman–Crippen LogP) is 1.06. The Bertz CT molecular complexity index is 872. The normalized spacial score (nSPS) is 32.8. The number of oxime groups is 1. The minimum Gasteiger partial charge on any atom is -0.480 e. The molecule has 3 heterocycles. The van der Waals surface area contributed by atoms with Gasteiger partial charge in [-0.1, -0.05) is 35.5 Å². The Balaban J connectivity index is 1.51. The first-order valence-electron chi connectivity index (χ1n) is 9.04. The zero-order chi connectivity index (χ0) is 20.2. The maximum Gasteiger partial charge on any atom is 0.327 e. The fraction of sp³-hybridized carbons (Fsp3) is 0.474. The number of β-lactam (4-membered cyclic amide) rings is 1. The molecule has 28 heavy (non-hydrogen) atoms. The second-order valence-electron chi connectivity index (χ2n) is 7.72. The molecule has 0 aliphatic carbocycles. The molecule has 0 aromatic heterocycles. The van der Waals surface area contributed by atoms with E-state index in [0.717, 1.165) is 5.56 Å². The van der Waals surface area contributed by atoms with E-state index in [1.807, 2.05) is 30.3 Å². The van der Waals surface area contributed by atoms with Gasteiger partial charge < -0.3 is 20.2 Å². The highest BCUT2D eigenvalue weighted by molar-refractivity contribution is 8.01. The molecule has 2 N–H and O–H groups in total. The zero-order valence-electron chi connectivity index (χ0n) is 15.7. The average molecular weight is 403 g/mol. The summed E-state index contributed by atoms with van der Waals surface area (Å²) in [5.41, 5.74) is 1.31. The number of carboxylic acid groups (broad SMARTS) is 1. The standard InChI is InChI=1S/C19H21N3O5S/c1-9-11(12(21-27-9)10-7-5-4-6-8-10)15(23)20-13-16(24)22-14(18(25)26)19(2,3)28-17(13)22/h4-9,11,13-14,17H,1-3H3,(H,20,23)(H,25,26)/t9?,11?,13?,14-,17+/m0/s1. The van der Waals surface area contributed by atoms with Gasteiger partial charge in [-0.3, -0.25) is 9.59 Å². The van der Waals surface area contributed by atoms with Crippen molar-refractivity contribution >= 4 is 35.3 Å². The number of aliphatic carboxylic acids is 1. The van der Waals surface area contributed by atoms with E-state index in [-0.39, 0.29) is 17.2 Å². The molecule has 2 fully saturated rings. The first kappa shape index (κ1) is 18.8. The lowest BCUT2D eigenvalue weighted by molar-refractivity contribution is -0.161. The second-order valence-corrected chi connectivity index (χ2v) is 9.49. The van der Waals surface area contributed by atoms with Crippen LogP contribution in [0.3, 0.4) is 0 Å². The van der Waals surface area contributed by atoms with Crippen molar-refractivity contribution in [3.05, 3.63) is 35.9 Å². The van der Waals surface area contributed by atoms with E-state index in [1.165, 1.54) is 16.7 Å². The van der Waals surface area contributed by atoms with Crippen LogP contribution in [0.4, 0.5) is 0 Å². The van der Waals surface area contributed by atoms with Crippen molar-refractivity contribution in [2.45, 2.75) is 49.1 Å². The molecule has 8 nitrogen and oxygen atoms in total. The minimum absolute atomic E-state index is 0.345. The van der Waals surface area contributed by atoms with Gasteiger partial charge in [-0.15, -0.1) is 11.8 Å². The summed E-state index contributed by atoms with van der Waals surface area (Å²) in [6.07, 6.45) is -0.457. The van der Waals surface area contributed by atoms with Crippen LogP contribution in [0.2, 0.25) is 0 Å². The van der Waals surface area contributed by atoms with Crippen molar-refractivity contribution in [3.63, 3.8) is 0 Å². The molecular weight excluding hydrogens is 382 g/mol. The molecule has 0 saturated carbocycles. The summed E-state index contributed by atoms with van der Waals surface area (Å²) in [5.74, 6) is -2.38. The van der Waals surface area contributed by atoms with E-state index < -0.39 is 34.8 Å². The Morgan fingerprint density at radius 3 is 2.61 bits per heavy atom. The molecule has 148 valence electrons. The number of amides is 2. The number of hydrogen-bond acceptors (Lipinski definition) is 6. The average Bonchev–Trinajstić information content (AvgIpc) is 3.15. The summed E-state index contributed by atoms with van der Waals surface area (Å²) in [5, 5.41) is 16.0. The molecule has 1 aromatic rings. The van der Waals surface area contributed by atoms with Crippen LogP contribution >= 0.6 is 11.8 Å². The van der Waals surface area contributed by atoms with Gasteiger partial charge in [0.15, 0.2) is 0 Å². The van der Waals surface area contributed by atoms with Crippen LogP contribution in [0.15, 0.2) is 35.5 Å². The van der Waals surface area contributed by atoms with Gasteiger partial charge in [-0.2, -0.15) is 0 Å².